The summed E-state index contributed by atoms with van der Waals surface area (Å²) in [5, 5.41) is 24.5. The number of nitrogens with two attached hydrogens (primary N) is 4. The van der Waals surface area contributed by atoms with Gasteiger partial charge in [-0.15, -0.1) is 0 Å². The molecule has 0 spiro atoms. The average molecular weight is 460 g/mol. The van der Waals surface area contributed by atoms with Crippen LogP contribution in [0.25, 0.3) is 0 Å². The Morgan fingerprint density at radius 3 is 1.84 bits per heavy atom. The van der Waals surface area contributed by atoms with Crippen molar-refractivity contribution in [2.24, 2.45) is 27.9 Å². The van der Waals surface area contributed by atoms with Crippen LogP contribution in [0.15, 0.2) is 4.99 Å². The normalized spacial score (nSPS) is 13.0. The third-order valence-electron chi connectivity index (χ3n) is 3.81. The summed E-state index contributed by atoms with van der Waals surface area (Å²) < 4.78 is 0. The molecule has 0 rings (SSSR count). The second kappa shape index (κ2) is 14.1. The molecule has 180 valence electrons. The Morgan fingerprint density at radius 2 is 1.38 bits per heavy atom. The molecule has 16 heteroatoms. The van der Waals surface area contributed by atoms with E-state index in [1.807, 2.05) is 5.32 Å². The van der Waals surface area contributed by atoms with Crippen molar-refractivity contribution < 1.29 is 39.0 Å². The lowest BCUT2D eigenvalue weighted by Crippen LogP contribution is -2.57. The molecule has 0 saturated carbocycles. The van der Waals surface area contributed by atoms with Gasteiger partial charge in [0, 0.05) is 6.54 Å². The number of hydrogen-bond acceptors (Lipinski definition) is 8. The third kappa shape index (κ3) is 11.9. The van der Waals surface area contributed by atoms with E-state index < -0.39 is 73.1 Å². The fourth-order valence-electron chi connectivity index (χ4n) is 2.36. The zero-order chi connectivity index (χ0) is 24.8. The maximum atomic E-state index is 12.6. The van der Waals surface area contributed by atoms with Gasteiger partial charge in [-0.3, -0.25) is 29.0 Å². The van der Waals surface area contributed by atoms with Gasteiger partial charge in [0.05, 0.1) is 19.4 Å². The van der Waals surface area contributed by atoms with E-state index in [1.165, 1.54) is 0 Å². The van der Waals surface area contributed by atoms with Crippen LogP contribution < -0.4 is 38.9 Å². The number of nitrogens with zero attached hydrogens (tertiary/aromatic N) is 1. The summed E-state index contributed by atoms with van der Waals surface area (Å²) in [7, 11) is 0. The highest BCUT2D eigenvalue weighted by atomic mass is 16.4. The third-order valence-corrected chi connectivity index (χ3v) is 3.81. The minimum Gasteiger partial charge on any atom is -0.481 e. The number of nitrogens with one attached hydrogen (secondary N) is 3. The van der Waals surface area contributed by atoms with Crippen LogP contribution in [-0.2, 0) is 28.8 Å². The fraction of sp³-hybridized carbons (Fsp3) is 0.562. The molecule has 0 aliphatic heterocycles. The van der Waals surface area contributed by atoms with Gasteiger partial charge in [-0.1, -0.05) is 0 Å². The van der Waals surface area contributed by atoms with Crippen molar-refractivity contribution in [2.45, 2.75) is 43.8 Å². The largest absolute Gasteiger partial charge is 0.481 e. The maximum Gasteiger partial charge on any atom is 0.326 e. The Bertz CT molecular complexity index is 752. The van der Waals surface area contributed by atoms with E-state index in [9.17, 15) is 28.8 Å². The predicted octanol–water partition coefficient (Wildman–Crippen LogP) is -5.11. The monoisotopic (exact) mass is 460 g/mol. The topological polar surface area (TPSA) is 295 Å². The molecule has 0 saturated heterocycles. The lowest BCUT2D eigenvalue weighted by Gasteiger charge is -2.23. The van der Waals surface area contributed by atoms with Crippen LogP contribution in [-0.4, -0.2) is 83.0 Å². The molecule has 3 atom stereocenters. The zero-order valence-corrected chi connectivity index (χ0v) is 17.1. The van der Waals surface area contributed by atoms with Crippen LogP contribution in [0.5, 0.6) is 0 Å². The minimum absolute atomic E-state index is 0.00912. The quantitative estimate of drug-likeness (QED) is 0.0632. The highest BCUT2D eigenvalue weighted by Crippen LogP contribution is 2.03. The number of primary amides is 1. The Hall–Kier alpha value is -3.95. The number of aliphatic imine (C=N–C) groups is 1. The van der Waals surface area contributed by atoms with Gasteiger partial charge in [0.2, 0.25) is 23.6 Å². The summed E-state index contributed by atoms with van der Waals surface area (Å²) in [5.41, 5.74) is 20.5. The van der Waals surface area contributed by atoms with Crippen molar-refractivity contribution in [2.75, 3.05) is 13.1 Å². The van der Waals surface area contributed by atoms with Crippen molar-refractivity contribution >= 4 is 41.5 Å². The van der Waals surface area contributed by atoms with E-state index in [4.69, 9.17) is 33.1 Å². The molecular weight excluding hydrogens is 432 g/mol. The van der Waals surface area contributed by atoms with Crippen LogP contribution in [0.4, 0.5) is 0 Å². The average Bonchev–Trinajstić information content (AvgIpc) is 2.67. The molecule has 0 aliphatic carbocycles. The van der Waals surface area contributed by atoms with E-state index in [0.717, 1.165) is 0 Å². The molecule has 0 aliphatic rings. The first-order valence-corrected chi connectivity index (χ1v) is 9.25. The van der Waals surface area contributed by atoms with Crippen molar-refractivity contribution in [3.63, 3.8) is 0 Å². The van der Waals surface area contributed by atoms with Crippen LogP contribution in [0.1, 0.15) is 25.7 Å². The van der Waals surface area contributed by atoms with Gasteiger partial charge in [0.15, 0.2) is 5.96 Å². The minimum atomic E-state index is -1.74. The van der Waals surface area contributed by atoms with Gasteiger partial charge in [-0.2, -0.15) is 0 Å². The Morgan fingerprint density at radius 1 is 0.812 bits per heavy atom. The van der Waals surface area contributed by atoms with Crippen molar-refractivity contribution in [1.82, 2.24) is 16.0 Å². The molecule has 13 N–H and O–H groups in total. The van der Waals surface area contributed by atoms with Gasteiger partial charge in [-0.25, -0.2) is 4.79 Å². The summed E-state index contributed by atoms with van der Waals surface area (Å²) >= 11 is 0. The molecule has 4 amide bonds. The molecule has 0 aromatic heterocycles. The van der Waals surface area contributed by atoms with Crippen molar-refractivity contribution in [3.05, 3.63) is 0 Å². The molecule has 0 fully saturated rings. The van der Waals surface area contributed by atoms with E-state index in [1.54, 1.807) is 0 Å². The highest BCUT2D eigenvalue weighted by Gasteiger charge is 2.31. The number of carboxylic acids is 2. The van der Waals surface area contributed by atoms with Gasteiger partial charge in [0.25, 0.3) is 0 Å². The van der Waals surface area contributed by atoms with Gasteiger partial charge >= 0.3 is 11.9 Å². The summed E-state index contributed by atoms with van der Waals surface area (Å²) in [6.07, 6.45) is -1.42. The fourth-order valence-corrected chi connectivity index (χ4v) is 2.36. The van der Waals surface area contributed by atoms with Gasteiger partial charge < -0.3 is 49.1 Å². The van der Waals surface area contributed by atoms with Gasteiger partial charge in [-0.05, 0) is 12.8 Å². The predicted molar refractivity (Wildman–Crippen MR) is 108 cm³/mol. The lowest BCUT2D eigenvalue weighted by molar-refractivity contribution is -0.144. The van der Waals surface area contributed by atoms with Crippen LogP contribution >= 0.6 is 0 Å². The second-order valence-electron chi connectivity index (χ2n) is 6.50. The van der Waals surface area contributed by atoms with Crippen LogP contribution in [0.3, 0.4) is 0 Å². The Balaban J connectivity index is 5.42. The number of guanidine groups is 1. The molecule has 0 bridgehead atoms. The van der Waals surface area contributed by atoms with Crippen molar-refractivity contribution in [3.8, 4) is 0 Å². The molecule has 0 radical (unpaired) electrons. The molecule has 32 heavy (non-hydrogen) atoms. The number of amides is 4. The molecule has 0 aromatic carbocycles. The first-order valence-electron chi connectivity index (χ1n) is 9.25. The molecule has 3 unspecified atom stereocenters. The first-order chi connectivity index (χ1) is 14.9. The first kappa shape index (κ1) is 28.0. The molecule has 16 nitrogen and oxygen atoms in total. The number of rotatable bonds is 15. The number of hydrogen-bond donors (Lipinski definition) is 9. The van der Waals surface area contributed by atoms with E-state index in [0.29, 0.717) is 0 Å². The molecule has 0 aromatic rings. The van der Waals surface area contributed by atoms with Crippen LogP contribution in [0.2, 0.25) is 0 Å². The summed E-state index contributed by atoms with van der Waals surface area (Å²) in [4.78, 5) is 73.6. The Kier molecular flexibility index (Phi) is 12.4. The number of carbonyl (C=O) groups is 6. The van der Waals surface area contributed by atoms with E-state index >= 15 is 0 Å². The number of carboxylic acid groups (broad SMARTS) is 2. The van der Waals surface area contributed by atoms with Crippen LogP contribution in [0, 0.1) is 0 Å². The highest BCUT2D eigenvalue weighted by molar-refractivity contribution is 5.96. The van der Waals surface area contributed by atoms with Crippen molar-refractivity contribution in [1.29, 1.82) is 0 Å². The van der Waals surface area contributed by atoms with Gasteiger partial charge in [0.1, 0.15) is 18.1 Å². The second-order valence-corrected chi connectivity index (χ2v) is 6.50. The number of aliphatic carboxylic acids is 2. The lowest BCUT2D eigenvalue weighted by atomic mass is 10.1. The summed E-state index contributed by atoms with van der Waals surface area (Å²) in [6.45, 7) is -0.318. The standard InChI is InChI=1S/C16H28N8O8/c17-6-11(26)22-7(2-1-3-21-16(19)20)13(29)23-8(5-12(27)28)14(30)24-9(15(31)32)4-10(18)25/h7-9H,1-6,17H2,(H2,18,25)(H,22,26)(H,23,29)(H,24,30)(H,27,28)(H,31,32)(H4,19,20,21). The Labute approximate surface area is 182 Å². The SMILES string of the molecule is NCC(=O)NC(CCCN=C(N)N)C(=O)NC(CC(=O)O)C(=O)NC(CC(N)=O)C(=O)O. The zero-order valence-electron chi connectivity index (χ0n) is 17.1. The summed E-state index contributed by atoms with van der Waals surface area (Å²) in [6, 6.07) is -4.67. The molecule has 0 heterocycles. The summed E-state index contributed by atoms with van der Waals surface area (Å²) in [5.74, 6) is -7.09. The van der Waals surface area contributed by atoms with E-state index in [2.05, 4.69) is 15.6 Å². The smallest absolute Gasteiger partial charge is 0.326 e. The molecular formula is C16H28N8O8. The van der Waals surface area contributed by atoms with E-state index in [-0.39, 0.29) is 25.3 Å². The maximum absolute atomic E-state index is 12.6. The number of carbonyl (C=O) groups excluding carboxylic acids is 4.